The highest BCUT2D eigenvalue weighted by molar-refractivity contribution is 7.25. The Morgan fingerprint density at radius 1 is 0.500 bits per heavy atom. The van der Waals surface area contributed by atoms with Crippen LogP contribution >= 0.6 is 11.3 Å². The van der Waals surface area contributed by atoms with Crippen molar-refractivity contribution in [3.8, 4) is 22.3 Å². The Kier molecular flexibility index (Phi) is 6.71. The third-order valence-electron chi connectivity index (χ3n) is 9.57. The predicted molar refractivity (Wildman–Crippen MR) is 209 cm³/mol. The zero-order chi connectivity index (χ0) is 33.0. The molecule has 3 heterocycles. The van der Waals surface area contributed by atoms with E-state index in [1.807, 2.05) is 47.7 Å². The summed E-state index contributed by atoms with van der Waals surface area (Å²) in [6.45, 7) is 0. The second-order valence-corrected chi connectivity index (χ2v) is 13.7. The van der Waals surface area contributed by atoms with Gasteiger partial charge in [-0.3, -0.25) is 0 Å². The number of furan rings is 1. The van der Waals surface area contributed by atoms with E-state index in [2.05, 4.69) is 133 Å². The van der Waals surface area contributed by atoms with Gasteiger partial charge in [-0.25, -0.2) is 9.98 Å². The monoisotopic (exact) mass is 659 g/mol. The van der Waals surface area contributed by atoms with Crippen LogP contribution in [0.15, 0.2) is 178 Å². The number of fused-ring (bicyclic) bond motifs is 6. The number of nitrogens with zero attached hydrogens (tertiary/aromatic N) is 2. The molecule has 10 rings (SSSR count). The number of hydrogen-bond donors (Lipinski definition) is 1. The maximum Gasteiger partial charge on any atom is 0.160 e. The summed E-state index contributed by atoms with van der Waals surface area (Å²) in [5.41, 5.74) is 9.39. The van der Waals surface area contributed by atoms with E-state index < -0.39 is 0 Å². The smallest absolute Gasteiger partial charge is 0.160 e. The Hall–Kier alpha value is -6.30. The van der Waals surface area contributed by atoms with Crippen molar-refractivity contribution in [1.82, 2.24) is 5.32 Å². The fraction of sp³-hybridized carbons (Fsp3) is 0.0222. The minimum absolute atomic E-state index is 0.320. The molecule has 4 nitrogen and oxygen atoms in total. The van der Waals surface area contributed by atoms with Crippen molar-refractivity contribution < 1.29 is 4.42 Å². The Morgan fingerprint density at radius 2 is 1.18 bits per heavy atom. The van der Waals surface area contributed by atoms with Crippen LogP contribution in [0.5, 0.6) is 0 Å². The molecule has 2 aromatic heterocycles. The molecule has 1 aliphatic rings. The van der Waals surface area contributed by atoms with Crippen molar-refractivity contribution in [2.45, 2.75) is 6.17 Å². The molecule has 1 N–H and O–H groups in total. The van der Waals surface area contributed by atoms with Crippen LogP contribution in [0.1, 0.15) is 22.9 Å². The Balaban J connectivity index is 1.10. The van der Waals surface area contributed by atoms with Gasteiger partial charge in [-0.2, -0.15) is 0 Å². The lowest BCUT2D eigenvalue weighted by atomic mass is 9.98. The van der Waals surface area contributed by atoms with Gasteiger partial charge >= 0.3 is 0 Å². The SMILES string of the molecule is c1ccc(C2=NC(c3cccc4oc5ccc(-c6ccc(-c7ccccc7)cc6)cc5c34)=NC(c3ccc4c(c3)sc3ccccc34)N2)cc1. The van der Waals surface area contributed by atoms with E-state index >= 15 is 0 Å². The first-order valence-corrected chi connectivity index (χ1v) is 17.6. The summed E-state index contributed by atoms with van der Waals surface area (Å²) >= 11 is 1.82. The zero-order valence-electron chi connectivity index (χ0n) is 26.9. The number of thiophene rings is 1. The topological polar surface area (TPSA) is 49.9 Å². The largest absolute Gasteiger partial charge is 0.456 e. The number of amidine groups is 2. The van der Waals surface area contributed by atoms with Gasteiger partial charge in [0.05, 0.1) is 0 Å². The molecule has 0 aliphatic carbocycles. The van der Waals surface area contributed by atoms with E-state index in [9.17, 15) is 0 Å². The molecule has 0 amide bonds. The van der Waals surface area contributed by atoms with Crippen molar-refractivity contribution in [2.24, 2.45) is 9.98 Å². The Bertz CT molecular complexity index is 2780. The molecule has 0 saturated heterocycles. The van der Waals surface area contributed by atoms with Crippen LogP contribution in [0.25, 0.3) is 64.4 Å². The van der Waals surface area contributed by atoms with Crippen LogP contribution in [0.4, 0.5) is 0 Å². The first-order valence-electron chi connectivity index (χ1n) is 16.8. The standard InChI is InChI=1S/C45H29N3OS/c1-3-10-28(11-4-1)29-18-20-30(21-19-29)32-23-25-38-37(26-32)42-36(15-9-16-39(42)49-38)45-47-43(31-12-5-2-6-13-31)46-44(48-45)33-22-24-35-34-14-7-8-17-40(34)50-41(35)27-33/h1-27,44H,(H,46,47,48). The molecule has 0 radical (unpaired) electrons. The van der Waals surface area contributed by atoms with Crippen LogP contribution in [-0.2, 0) is 0 Å². The van der Waals surface area contributed by atoms with Crippen molar-refractivity contribution >= 4 is 65.1 Å². The number of aliphatic imine (C=N–C) groups is 2. The molecule has 5 heteroatoms. The molecule has 50 heavy (non-hydrogen) atoms. The van der Waals surface area contributed by atoms with Crippen molar-refractivity contribution in [1.29, 1.82) is 0 Å². The van der Waals surface area contributed by atoms with Gasteiger partial charge in [0.15, 0.2) is 5.84 Å². The summed E-state index contributed by atoms with van der Waals surface area (Å²) in [6.07, 6.45) is -0.320. The lowest BCUT2D eigenvalue weighted by Gasteiger charge is -2.24. The van der Waals surface area contributed by atoms with E-state index in [-0.39, 0.29) is 6.17 Å². The minimum Gasteiger partial charge on any atom is -0.456 e. The third-order valence-corrected chi connectivity index (χ3v) is 10.7. The highest BCUT2D eigenvalue weighted by Crippen LogP contribution is 2.38. The quantitative estimate of drug-likeness (QED) is 0.200. The molecular formula is C45H29N3OS. The molecule has 0 saturated carbocycles. The highest BCUT2D eigenvalue weighted by Gasteiger charge is 2.24. The maximum absolute atomic E-state index is 6.43. The van der Waals surface area contributed by atoms with Crippen molar-refractivity contribution in [2.75, 3.05) is 0 Å². The van der Waals surface area contributed by atoms with E-state index in [0.717, 1.165) is 55.6 Å². The molecule has 0 bridgehead atoms. The lowest BCUT2D eigenvalue weighted by molar-refractivity contribution is 0.668. The summed E-state index contributed by atoms with van der Waals surface area (Å²) in [7, 11) is 0. The molecule has 236 valence electrons. The summed E-state index contributed by atoms with van der Waals surface area (Å²) in [5, 5.41) is 8.27. The second kappa shape index (κ2) is 11.7. The average molecular weight is 660 g/mol. The van der Waals surface area contributed by atoms with Gasteiger partial charge < -0.3 is 9.73 Å². The van der Waals surface area contributed by atoms with E-state index in [1.165, 1.54) is 31.3 Å². The number of nitrogens with one attached hydrogen (secondary N) is 1. The third kappa shape index (κ3) is 4.90. The number of benzene rings is 7. The molecule has 1 atom stereocenters. The molecule has 0 fully saturated rings. The van der Waals surface area contributed by atoms with E-state index in [1.54, 1.807) is 0 Å². The van der Waals surface area contributed by atoms with Gasteiger partial charge in [0.2, 0.25) is 0 Å². The van der Waals surface area contributed by atoms with Crippen LogP contribution in [0, 0.1) is 0 Å². The number of rotatable bonds is 5. The molecule has 9 aromatic rings. The first kappa shape index (κ1) is 28.7. The van der Waals surface area contributed by atoms with Gasteiger partial charge in [-0.1, -0.05) is 133 Å². The first-order chi connectivity index (χ1) is 24.7. The summed E-state index contributed by atoms with van der Waals surface area (Å²) < 4.78 is 8.97. The summed E-state index contributed by atoms with van der Waals surface area (Å²) in [5.74, 6) is 1.47. The number of hydrogen-bond acceptors (Lipinski definition) is 5. The normalized spacial score (nSPS) is 14.6. The minimum atomic E-state index is -0.320. The van der Waals surface area contributed by atoms with E-state index in [4.69, 9.17) is 14.4 Å². The van der Waals surface area contributed by atoms with Gasteiger partial charge in [-0.05, 0) is 58.1 Å². The van der Waals surface area contributed by atoms with Crippen molar-refractivity contribution in [3.05, 3.63) is 180 Å². The lowest BCUT2D eigenvalue weighted by Crippen LogP contribution is -2.33. The predicted octanol–water partition coefficient (Wildman–Crippen LogP) is 11.8. The Morgan fingerprint density at radius 3 is 2.00 bits per heavy atom. The van der Waals surface area contributed by atoms with Crippen LogP contribution < -0.4 is 5.32 Å². The maximum atomic E-state index is 6.43. The average Bonchev–Trinajstić information content (AvgIpc) is 3.76. The van der Waals surface area contributed by atoms with Crippen LogP contribution in [0.2, 0.25) is 0 Å². The second-order valence-electron chi connectivity index (χ2n) is 12.6. The summed E-state index contributed by atoms with van der Waals surface area (Å²) in [4.78, 5) is 10.5. The highest BCUT2D eigenvalue weighted by atomic mass is 32.1. The van der Waals surface area contributed by atoms with Crippen LogP contribution in [-0.4, -0.2) is 11.7 Å². The molecule has 1 aliphatic heterocycles. The van der Waals surface area contributed by atoms with Crippen LogP contribution in [0.3, 0.4) is 0 Å². The van der Waals surface area contributed by atoms with E-state index in [0.29, 0.717) is 5.84 Å². The fourth-order valence-electron chi connectivity index (χ4n) is 7.07. The molecule has 7 aromatic carbocycles. The van der Waals surface area contributed by atoms with Gasteiger partial charge in [0.1, 0.15) is 23.2 Å². The van der Waals surface area contributed by atoms with Gasteiger partial charge in [0, 0.05) is 42.1 Å². The Labute approximate surface area is 292 Å². The molecule has 0 spiro atoms. The summed E-state index contributed by atoms with van der Waals surface area (Å²) in [6, 6.07) is 57.4. The van der Waals surface area contributed by atoms with Crippen molar-refractivity contribution in [3.63, 3.8) is 0 Å². The fourth-order valence-corrected chi connectivity index (χ4v) is 8.23. The van der Waals surface area contributed by atoms with Gasteiger partial charge in [0.25, 0.3) is 0 Å². The molecular weight excluding hydrogens is 631 g/mol. The zero-order valence-corrected chi connectivity index (χ0v) is 27.7. The van der Waals surface area contributed by atoms with Gasteiger partial charge in [-0.15, -0.1) is 11.3 Å². The molecule has 1 unspecified atom stereocenters.